The average molecular weight is 564 g/mol. The Hall–Kier alpha value is -4.82. The van der Waals surface area contributed by atoms with Crippen molar-refractivity contribution in [3.63, 3.8) is 0 Å². The molecule has 0 saturated heterocycles. The number of carbonyl (C=O) groups excluding carboxylic acids is 2. The first-order chi connectivity index (χ1) is 20.5. The summed E-state index contributed by atoms with van der Waals surface area (Å²) >= 11 is 0. The molecule has 0 fully saturated rings. The van der Waals surface area contributed by atoms with Crippen molar-refractivity contribution in [2.45, 2.75) is 31.8 Å². The maximum atomic E-state index is 14.1. The van der Waals surface area contributed by atoms with Crippen LogP contribution in [-0.2, 0) is 24.2 Å². The van der Waals surface area contributed by atoms with Gasteiger partial charge in [-0.2, -0.15) is 0 Å². The quantitative estimate of drug-likeness (QED) is 0.295. The van der Waals surface area contributed by atoms with Crippen LogP contribution < -0.4 is 0 Å². The second kappa shape index (κ2) is 13.2. The molecule has 0 unspecified atom stereocenters. The van der Waals surface area contributed by atoms with Crippen LogP contribution in [0, 0.1) is 0 Å². The van der Waals surface area contributed by atoms with Gasteiger partial charge in [0.05, 0.1) is 19.1 Å². The molecule has 2 heterocycles. The van der Waals surface area contributed by atoms with Crippen molar-refractivity contribution < 1.29 is 24.6 Å². The van der Waals surface area contributed by atoms with Crippen molar-refractivity contribution in [1.29, 1.82) is 0 Å². The third kappa shape index (κ3) is 6.39. The van der Waals surface area contributed by atoms with Crippen molar-refractivity contribution in [3.05, 3.63) is 125 Å². The number of hydrogen-bond acceptors (Lipinski definition) is 5. The number of rotatable bonds is 10. The number of aliphatic carboxylic acids is 1. The molecule has 1 aromatic heterocycles. The number of amides is 2. The van der Waals surface area contributed by atoms with Gasteiger partial charge in [-0.15, -0.1) is 0 Å². The molecule has 0 saturated carbocycles. The van der Waals surface area contributed by atoms with E-state index in [1.807, 2.05) is 60.7 Å². The van der Waals surface area contributed by atoms with Gasteiger partial charge in [-0.1, -0.05) is 60.7 Å². The molecule has 3 aromatic carbocycles. The van der Waals surface area contributed by atoms with Gasteiger partial charge in [-0.3, -0.25) is 19.4 Å². The fourth-order valence-corrected chi connectivity index (χ4v) is 5.48. The van der Waals surface area contributed by atoms with Crippen LogP contribution in [-0.4, -0.2) is 68.5 Å². The number of aliphatic hydroxyl groups excluding tert-OH is 1. The Balaban J connectivity index is 1.47. The highest BCUT2D eigenvalue weighted by atomic mass is 16.4. The molecule has 0 radical (unpaired) electrons. The highest BCUT2D eigenvalue weighted by Gasteiger charge is 2.31. The van der Waals surface area contributed by atoms with E-state index in [1.165, 1.54) is 0 Å². The number of nitrogens with zero attached hydrogens (tertiary/aromatic N) is 3. The minimum atomic E-state index is -0.984. The van der Waals surface area contributed by atoms with E-state index in [9.17, 15) is 24.6 Å². The van der Waals surface area contributed by atoms with Crippen LogP contribution in [0.3, 0.4) is 0 Å². The van der Waals surface area contributed by atoms with Crippen LogP contribution in [0.5, 0.6) is 0 Å². The molecule has 0 aliphatic carbocycles. The Bertz CT molecular complexity index is 1570. The first-order valence-corrected chi connectivity index (χ1v) is 14.0. The summed E-state index contributed by atoms with van der Waals surface area (Å²) in [6.45, 7) is 0.608. The van der Waals surface area contributed by atoms with Crippen molar-refractivity contribution in [2.24, 2.45) is 0 Å². The lowest BCUT2D eigenvalue weighted by molar-refractivity contribution is -0.137. The minimum absolute atomic E-state index is 0.0551. The summed E-state index contributed by atoms with van der Waals surface area (Å²) in [4.78, 5) is 46.8. The summed E-state index contributed by atoms with van der Waals surface area (Å²) in [6, 6.07) is 25.6. The monoisotopic (exact) mass is 563 g/mol. The molecule has 0 bridgehead atoms. The zero-order valence-electron chi connectivity index (χ0n) is 23.2. The van der Waals surface area contributed by atoms with Crippen LogP contribution >= 0.6 is 0 Å². The summed E-state index contributed by atoms with van der Waals surface area (Å²) in [6.07, 6.45) is 4.29. The Morgan fingerprint density at radius 1 is 0.810 bits per heavy atom. The molecule has 8 heteroatoms. The average Bonchev–Trinajstić information content (AvgIpc) is 3.04. The molecule has 42 heavy (non-hydrogen) atoms. The number of carboxylic acids is 1. The summed E-state index contributed by atoms with van der Waals surface area (Å²) < 4.78 is 0. The van der Waals surface area contributed by atoms with E-state index in [1.54, 1.807) is 46.5 Å². The summed E-state index contributed by atoms with van der Waals surface area (Å²) in [5.74, 6) is -1.51. The molecule has 1 atom stereocenters. The third-order valence-corrected chi connectivity index (χ3v) is 7.73. The van der Waals surface area contributed by atoms with Crippen LogP contribution in [0.2, 0.25) is 0 Å². The van der Waals surface area contributed by atoms with Gasteiger partial charge in [0, 0.05) is 43.2 Å². The number of benzene rings is 3. The van der Waals surface area contributed by atoms with Crippen molar-refractivity contribution >= 4 is 17.8 Å². The Morgan fingerprint density at radius 3 is 2.12 bits per heavy atom. The van der Waals surface area contributed by atoms with Gasteiger partial charge in [0.1, 0.15) is 0 Å². The second-order valence-corrected chi connectivity index (χ2v) is 10.4. The third-order valence-electron chi connectivity index (χ3n) is 7.73. The van der Waals surface area contributed by atoms with Crippen LogP contribution in [0.25, 0.3) is 11.1 Å². The first kappa shape index (κ1) is 28.7. The summed E-state index contributed by atoms with van der Waals surface area (Å²) in [5.41, 5.74) is 5.18. The SMILES string of the molecule is O=C(O)CCN(CCc1ccncc1)C(=O)c1ccccc1-c1ccccc1C(=O)N1Cc2ccccc2C[C@H]1CO. The van der Waals surface area contributed by atoms with Crippen LogP contribution in [0.1, 0.15) is 43.8 Å². The standard InChI is InChI=1S/C34H33N3O5/c38-23-27-21-25-7-1-2-8-26(25)22-37(27)34(42)31-12-6-4-10-29(31)28-9-3-5-11-30(28)33(41)36(20-16-32(39)40)19-15-24-13-17-35-18-14-24/h1-14,17-18,27,38H,15-16,19-23H2,(H,39,40)/t27-/m0/s1. The Morgan fingerprint density at radius 2 is 1.43 bits per heavy atom. The molecule has 0 spiro atoms. The van der Waals surface area contributed by atoms with Gasteiger partial charge in [-0.05, 0) is 64.9 Å². The minimum Gasteiger partial charge on any atom is -0.481 e. The number of aliphatic hydroxyl groups is 1. The number of pyridine rings is 1. The summed E-state index contributed by atoms with van der Waals surface area (Å²) in [5, 5.41) is 19.5. The number of aromatic nitrogens is 1. The zero-order chi connectivity index (χ0) is 29.5. The Labute approximate surface area is 244 Å². The Kier molecular flexibility index (Phi) is 9.04. The van der Waals surface area contributed by atoms with Crippen LogP contribution in [0.4, 0.5) is 0 Å². The van der Waals surface area contributed by atoms with Crippen LogP contribution in [0.15, 0.2) is 97.3 Å². The van der Waals surface area contributed by atoms with Crippen molar-refractivity contribution in [3.8, 4) is 11.1 Å². The van der Waals surface area contributed by atoms with Crippen molar-refractivity contribution in [2.75, 3.05) is 19.7 Å². The molecule has 214 valence electrons. The van der Waals surface area contributed by atoms with Gasteiger partial charge >= 0.3 is 5.97 Å². The van der Waals surface area contributed by atoms with E-state index < -0.39 is 5.97 Å². The predicted molar refractivity (Wildman–Crippen MR) is 159 cm³/mol. The van der Waals surface area contributed by atoms with Gasteiger partial charge in [-0.25, -0.2) is 0 Å². The van der Waals surface area contributed by atoms with Gasteiger partial charge in [0.25, 0.3) is 11.8 Å². The van der Waals surface area contributed by atoms with Gasteiger partial charge in [0.15, 0.2) is 0 Å². The number of carbonyl (C=O) groups is 3. The van der Waals surface area contributed by atoms with E-state index in [4.69, 9.17) is 0 Å². The smallest absolute Gasteiger partial charge is 0.305 e. The topological polar surface area (TPSA) is 111 Å². The molecule has 5 rings (SSSR count). The normalized spacial score (nSPS) is 14.2. The molecule has 4 aromatic rings. The fourth-order valence-electron chi connectivity index (χ4n) is 5.48. The maximum Gasteiger partial charge on any atom is 0.305 e. The largest absolute Gasteiger partial charge is 0.481 e. The molecular weight excluding hydrogens is 530 g/mol. The van der Waals surface area contributed by atoms with Gasteiger partial charge in [0.2, 0.25) is 0 Å². The highest BCUT2D eigenvalue weighted by molar-refractivity contribution is 6.06. The molecule has 2 N–H and O–H groups in total. The lowest BCUT2D eigenvalue weighted by Crippen LogP contribution is -2.46. The fraction of sp³-hybridized carbons (Fsp3) is 0.235. The number of fused-ring (bicyclic) bond motifs is 1. The molecule has 8 nitrogen and oxygen atoms in total. The predicted octanol–water partition coefficient (Wildman–Crippen LogP) is 4.47. The lowest BCUT2D eigenvalue weighted by Gasteiger charge is -2.36. The number of hydrogen-bond donors (Lipinski definition) is 2. The molecule has 1 aliphatic heterocycles. The van der Waals surface area contributed by atoms with E-state index in [0.29, 0.717) is 48.2 Å². The van der Waals surface area contributed by atoms with Crippen molar-refractivity contribution in [1.82, 2.24) is 14.8 Å². The summed E-state index contributed by atoms with van der Waals surface area (Å²) in [7, 11) is 0. The second-order valence-electron chi connectivity index (χ2n) is 10.4. The highest BCUT2D eigenvalue weighted by Crippen LogP contribution is 2.32. The maximum absolute atomic E-state index is 14.1. The van der Waals surface area contributed by atoms with E-state index in [2.05, 4.69) is 4.98 Å². The van der Waals surface area contributed by atoms with Gasteiger partial charge < -0.3 is 20.0 Å². The van der Waals surface area contributed by atoms with E-state index >= 15 is 0 Å². The first-order valence-electron chi connectivity index (χ1n) is 14.0. The lowest BCUT2D eigenvalue weighted by atomic mass is 9.91. The zero-order valence-corrected chi connectivity index (χ0v) is 23.2. The molecular formula is C34H33N3O5. The van der Waals surface area contributed by atoms with E-state index in [-0.39, 0.29) is 37.4 Å². The molecule has 2 amide bonds. The van der Waals surface area contributed by atoms with E-state index in [0.717, 1.165) is 16.7 Å². The number of carboxylic acid groups (broad SMARTS) is 1. The molecule has 1 aliphatic rings.